The first kappa shape index (κ1) is 17.4. The minimum atomic E-state index is -1.92. The Morgan fingerprint density at radius 2 is 2.00 bits per heavy atom. The Kier molecular flexibility index (Phi) is 4.46. The molecule has 0 amide bonds. The molecule has 1 aromatic carbocycles. The number of thiophene rings is 1. The molecule has 0 unspecified atom stereocenters. The van der Waals surface area contributed by atoms with Gasteiger partial charge in [0.05, 0.1) is 6.54 Å². The van der Waals surface area contributed by atoms with Gasteiger partial charge >= 0.3 is 5.69 Å². The van der Waals surface area contributed by atoms with E-state index in [1.54, 1.807) is 6.07 Å². The SMILES string of the molecule is NCC(Cn1nnn(-c2cc(-c3ccc4c(c3)OCO4)cs2)c1=O)=C(F)F. The summed E-state index contributed by atoms with van der Waals surface area (Å²) in [4.78, 5) is 12.4. The molecule has 0 fully saturated rings. The molecule has 0 saturated heterocycles. The van der Waals surface area contributed by atoms with Gasteiger partial charge in [0.1, 0.15) is 5.00 Å². The van der Waals surface area contributed by atoms with Gasteiger partial charge in [-0.1, -0.05) is 6.07 Å². The normalized spacial score (nSPS) is 12.4. The molecule has 8 nitrogen and oxygen atoms in total. The minimum Gasteiger partial charge on any atom is -0.454 e. The smallest absolute Gasteiger partial charge is 0.369 e. The van der Waals surface area contributed by atoms with Crippen LogP contribution in [0.25, 0.3) is 16.1 Å². The summed E-state index contributed by atoms with van der Waals surface area (Å²) >= 11 is 1.28. The van der Waals surface area contributed by atoms with Crippen LogP contribution in [-0.2, 0) is 6.54 Å². The number of rotatable bonds is 5. The van der Waals surface area contributed by atoms with Gasteiger partial charge in [-0.25, -0.2) is 4.79 Å². The third-order valence-electron chi connectivity index (χ3n) is 3.99. The van der Waals surface area contributed by atoms with Crippen molar-refractivity contribution in [1.29, 1.82) is 0 Å². The molecule has 0 aliphatic carbocycles. The Balaban J connectivity index is 1.63. The van der Waals surface area contributed by atoms with Crippen LogP contribution in [0.2, 0.25) is 0 Å². The largest absolute Gasteiger partial charge is 0.454 e. The summed E-state index contributed by atoms with van der Waals surface area (Å²) in [7, 11) is 0. The van der Waals surface area contributed by atoms with E-state index in [0.29, 0.717) is 16.5 Å². The first-order valence-corrected chi connectivity index (χ1v) is 8.69. The second kappa shape index (κ2) is 6.93. The van der Waals surface area contributed by atoms with Crippen molar-refractivity contribution in [3.63, 3.8) is 0 Å². The molecule has 2 aromatic heterocycles. The predicted octanol–water partition coefficient (Wildman–Crippen LogP) is 2.00. The molecule has 3 aromatic rings. The monoisotopic (exact) mass is 393 g/mol. The number of hydrogen-bond donors (Lipinski definition) is 1. The van der Waals surface area contributed by atoms with Crippen LogP contribution in [0.5, 0.6) is 11.5 Å². The van der Waals surface area contributed by atoms with Gasteiger partial charge in [-0.05, 0) is 39.8 Å². The zero-order chi connectivity index (χ0) is 19.0. The molecule has 4 rings (SSSR count). The fourth-order valence-electron chi connectivity index (χ4n) is 2.56. The fraction of sp³-hybridized carbons (Fsp3) is 0.188. The number of benzene rings is 1. The van der Waals surface area contributed by atoms with Gasteiger partial charge in [0.2, 0.25) is 6.79 Å². The highest BCUT2D eigenvalue weighted by molar-refractivity contribution is 7.13. The molecule has 0 bridgehead atoms. The van der Waals surface area contributed by atoms with E-state index in [1.165, 1.54) is 11.3 Å². The van der Waals surface area contributed by atoms with Gasteiger partial charge in [-0.3, -0.25) is 0 Å². The lowest BCUT2D eigenvalue weighted by molar-refractivity contribution is 0.174. The topological polar surface area (TPSA) is 97.2 Å². The van der Waals surface area contributed by atoms with Gasteiger partial charge in [0.15, 0.2) is 11.5 Å². The first-order chi connectivity index (χ1) is 13.1. The average Bonchev–Trinajstić information content (AvgIpc) is 3.38. The lowest BCUT2D eigenvalue weighted by Crippen LogP contribution is -2.26. The lowest BCUT2D eigenvalue weighted by Gasteiger charge is -2.01. The number of nitrogens with zero attached hydrogens (tertiary/aromatic N) is 4. The summed E-state index contributed by atoms with van der Waals surface area (Å²) in [6.07, 6.45) is -1.92. The second-order valence-corrected chi connectivity index (χ2v) is 6.53. The number of nitrogens with two attached hydrogens (primary N) is 1. The molecule has 27 heavy (non-hydrogen) atoms. The molecule has 0 spiro atoms. The fourth-order valence-corrected chi connectivity index (χ4v) is 3.42. The van der Waals surface area contributed by atoms with Crippen LogP contribution in [0.3, 0.4) is 0 Å². The maximum absolute atomic E-state index is 12.7. The van der Waals surface area contributed by atoms with Crippen molar-refractivity contribution in [2.24, 2.45) is 5.73 Å². The van der Waals surface area contributed by atoms with Gasteiger partial charge < -0.3 is 15.2 Å². The number of aromatic nitrogens is 4. The Bertz CT molecular complexity index is 1080. The van der Waals surface area contributed by atoms with E-state index < -0.39 is 18.3 Å². The molecule has 0 saturated carbocycles. The van der Waals surface area contributed by atoms with Crippen molar-refractivity contribution in [2.45, 2.75) is 6.54 Å². The number of halogens is 2. The van der Waals surface area contributed by atoms with Crippen molar-refractivity contribution in [2.75, 3.05) is 13.3 Å². The van der Waals surface area contributed by atoms with Crippen molar-refractivity contribution >= 4 is 11.3 Å². The van der Waals surface area contributed by atoms with Gasteiger partial charge in [-0.15, -0.1) is 11.3 Å². The maximum Gasteiger partial charge on any atom is 0.369 e. The van der Waals surface area contributed by atoms with E-state index >= 15 is 0 Å². The van der Waals surface area contributed by atoms with Gasteiger partial charge in [-0.2, -0.15) is 18.1 Å². The zero-order valence-corrected chi connectivity index (χ0v) is 14.6. The van der Waals surface area contributed by atoms with E-state index in [0.717, 1.165) is 20.5 Å². The molecule has 1 aliphatic rings. The van der Waals surface area contributed by atoms with E-state index in [2.05, 4.69) is 10.4 Å². The first-order valence-electron chi connectivity index (χ1n) is 7.81. The van der Waals surface area contributed by atoms with Crippen molar-refractivity contribution < 1.29 is 18.3 Å². The molecular weight excluding hydrogens is 380 g/mol. The third kappa shape index (κ3) is 3.22. The molecule has 0 atom stereocenters. The summed E-state index contributed by atoms with van der Waals surface area (Å²) < 4.78 is 38.1. The maximum atomic E-state index is 12.7. The second-order valence-electron chi connectivity index (χ2n) is 5.64. The van der Waals surface area contributed by atoms with E-state index in [-0.39, 0.29) is 18.9 Å². The number of hydrogen-bond acceptors (Lipinski definition) is 7. The molecule has 11 heteroatoms. The van der Waals surface area contributed by atoms with E-state index in [4.69, 9.17) is 15.2 Å². The summed E-state index contributed by atoms with van der Waals surface area (Å²) in [5, 5.41) is 9.79. The van der Waals surface area contributed by atoms with Gasteiger partial charge in [0, 0.05) is 17.5 Å². The Morgan fingerprint density at radius 1 is 1.19 bits per heavy atom. The summed E-state index contributed by atoms with van der Waals surface area (Å²) in [6, 6.07) is 7.29. The molecule has 3 heterocycles. The molecule has 140 valence electrons. The van der Waals surface area contributed by atoms with Crippen molar-refractivity contribution in [3.05, 3.63) is 51.8 Å². The van der Waals surface area contributed by atoms with Crippen LogP contribution in [0, 0.1) is 0 Å². The van der Waals surface area contributed by atoms with Crippen LogP contribution in [-0.4, -0.2) is 33.1 Å². The summed E-state index contributed by atoms with van der Waals surface area (Å²) in [5.41, 5.74) is 6.02. The Hall–Kier alpha value is -3.05. The van der Waals surface area contributed by atoms with E-state index in [1.807, 2.05) is 23.6 Å². The molecular formula is C16H13F2N5O3S. The van der Waals surface area contributed by atoms with Crippen LogP contribution in [0.1, 0.15) is 0 Å². The van der Waals surface area contributed by atoms with Crippen molar-refractivity contribution in [3.8, 4) is 27.6 Å². The summed E-state index contributed by atoms with van der Waals surface area (Å²) in [5.74, 6) is 1.33. The molecule has 1 aliphatic heterocycles. The molecule has 2 N–H and O–H groups in total. The predicted molar refractivity (Wildman–Crippen MR) is 93.4 cm³/mol. The van der Waals surface area contributed by atoms with Crippen LogP contribution in [0.15, 0.2) is 46.1 Å². The van der Waals surface area contributed by atoms with Crippen LogP contribution in [0.4, 0.5) is 8.78 Å². The standard InChI is InChI=1S/C16H13F2N5O3S/c17-15(18)11(5-19)6-22-16(24)23(21-20-22)14-4-10(7-27-14)9-1-2-12-13(3-9)26-8-25-12/h1-4,7H,5-6,8,19H2. The number of fused-ring (bicyclic) bond motifs is 1. The van der Waals surface area contributed by atoms with Gasteiger partial charge in [0.25, 0.3) is 6.08 Å². The number of ether oxygens (including phenoxy) is 2. The summed E-state index contributed by atoms with van der Waals surface area (Å²) in [6.45, 7) is -0.585. The molecule has 0 radical (unpaired) electrons. The number of tetrazole rings is 1. The third-order valence-corrected chi connectivity index (χ3v) is 4.90. The highest BCUT2D eigenvalue weighted by atomic mass is 32.1. The minimum absolute atomic E-state index is 0.185. The average molecular weight is 393 g/mol. The van der Waals surface area contributed by atoms with Crippen LogP contribution < -0.4 is 20.9 Å². The quantitative estimate of drug-likeness (QED) is 0.712. The van der Waals surface area contributed by atoms with Crippen LogP contribution >= 0.6 is 11.3 Å². The zero-order valence-electron chi connectivity index (χ0n) is 13.8. The highest BCUT2D eigenvalue weighted by Crippen LogP contribution is 2.37. The Morgan fingerprint density at radius 3 is 2.78 bits per heavy atom. The Labute approximate surface area is 155 Å². The lowest BCUT2D eigenvalue weighted by atomic mass is 10.1. The van der Waals surface area contributed by atoms with Crippen molar-refractivity contribution in [1.82, 2.24) is 19.8 Å². The highest BCUT2D eigenvalue weighted by Gasteiger charge is 2.17. The van der Waals surface area contributed by atoms with E-state index in [9.17, 15) is 13.6 Å².